The van der Waals surface area contributed by atoms with Crippen LogP contribution in [0, 0.1) is 11.8 Å². The summed E-state index contributed by atoms with van der Waals surface area (Å²) in [6, 6.07) is 14.1. The first-order valence-electron chi connectivity index (χ1n) is 13.3. The zero-order chi connectivity index (χ0) is 27.6. The number of benzene rings is 2. The van der Waals surface area contributed by atoms with E-state index in [1.54, 1.807) is 13.1 Å². The van der Waals surface area contributed by atoms with E-state index in [0.717, 1.165) is 35.7 Å². The van der Waals surface area contributed by atoms with Crippen LogP contribution in [0.2, 0.25) is 0 Å². The van der Waals surface area contributed by atoms with Crippen molar-refractivity contribution in [3.05, 3.63) is 64.6 Å². The Hall–Kier alpha value is -4.32. The molecule has 1 fully saturated rings. The van der Waals surface area contributed by atoms with Crippen LogP contribution in [-0.4, -0.2) is 50.2 Å². The highest BCUT2D eigenvalue weighted by atomic mass is 16.6. The van der Waals surface area contributed by atoms with Crippen molar-refractivity contribution in [2.24, 2.45) is 0 Å². The summed E-state index contributed by atoms with van der Waals surface area (Å²) in [5.41, 5.74) is 1.25. The van der Waals surface area contributed by atoms with Gasteiger partial charge in [-0.15, -0.1) is 5.92 Å². The van der Waals surface area contributed by atoms with Gasteiger partial charge < -0.3 is 15.0 Å². The fourth-order valence-corrected chi connectivity index (χ4v) is 5.08. The number of piperidine rings is 1. The Bertz CT molecular complexity index is 1630. The Labute approximate surface area is 227 Å². The van der Waals surface area contributed by atoms with Gasteiger partial charge in [-0.2, -0.15) is 5.10 Å². The number of nitrogens with one attached hydrogen (secondary N) is 1. The van der Waals surface area contributed by atoms with Crippen LogP contribution in [-0.2, 0) is 17.8 Å². The predicted molar refractivity (Wildman–Crippen MR) is 153 cm³/mol. The first-order valence-corrected chi connectivity index (χ1v) is 13.3. The van der Waals surface area contributed by atoms with E-state index in [2.05, 4.69) is 45.4 Å². The molecule has 1 amide bonds. The van der Waals surface area contributed by atoms with Gasteiger partial charge in [0.2, 0.25) is 5.95 Å². The predicted octanol–water partition coefficient (Wildman–Crippen LogP) is 4.31. The molecule has 1 unspecified atom stereocenters. The molecule has 0 radical (unpaired) electrons. The van der Waals surface area contributed by atoms with Gasteiger partial charge in [-0.05, 0) is 56.9 Å². The summed E-state index contributed by atoms with van der Waals surface area (Å²) in [7, 11) is 0. The number of hydrogen-bond donors (Lipinski definition) is 1. The number of fused-ring (bicyclic) bond motifs is 2. The van der Waals surface area contributed by atoms with Crippen molar-refractivity contribution in [1.82, 2.24) is 24.6 Å². The molecule has 202 valence electrons. The summed E-state index contributed by atoms with van der Waals surface area (Å²) in [5.74, 6) is 6.69. The van der Waals surface area contributed by atoms with E-state index in [4.69, 9.17) is 9.72 Å². The van der Waals surface area contributed by atoms with Gasteiger partial charge in [-0.3, -0.25) is 9.36 Å². The van der Waals surface area contributed by atoms with Crippen molar-refractivity contribution in [1.29, 1.82) is 0 Å². The normalized spacial score (nSPS) is 15.7. The molecule has 2 aromatic carbocycles. The van der Waals surface area contributed by atoms with Gasteiger partial charge in [0.15, 0.2) is 0 Å². The van der Waals surface area contributed by atoms with Gasteiger partial charge >= 0.3 is 6.09 Å². The number of ether oxygens (including phenoxy) is 1. The average Bonchev–Trinajstić information content (AvgIpc) is 3.27. The van der Waals surface area contributed by atoms with Crippen molar-refractivity contribution in [3.8, 4) is 11.8 Å². The first kappa shape index (κ1) is 26.3. The standard InChI is InChI=1S/C30H34N6O3/c1-5-6-17-35-26-25(33-28(35)34-16-10-14-23(20-34)32-29(38)39-30(2,3)4)18-31-36(27(26)37)19-22-13-9-12-21-11-7-8-15-24(21)22/h7-9,11-13,15,18,23H,10,14,16-17,19-20H2,1-4H3,(H,32,38). The largest absolute Gasteiger partial charge is 0.444 e. The minimum atomic E-state index is -0.565. The molecule has 0 bridgehead atoms. The summed E-state index contributed by atoms with van der Waals surface area (Å²) in [6.07, 6.45) is 2.93. The van der Waals surface area contributed by atoms with E-state index in [1.165, 1.54) is 4.68 Å². The summed E-state index contributed by atoms with van der Waals surface area (Å²) < 4.78 is 8.83. The van der Waals surface area contributed by atoms with E-state index in [0.29, 0.717) is 36.6 Å². The third-order valence-corrected chi connectivity index (χ3v) is 6.77. The third-order valence-electron chi connectivity index (χ3n) is 6.77. The number of carbonyl (C=O) groups excluding carboxylic acids is 1. The summed E-state index contributed by atoms with van der Waals surface area (Å²) in [5, 5.41) is 9.68. The third kappa shape index (κ3) is 5.75. The molecule has 9 heteroatoms. The van der Waals surface area contributed by atoms with Crippen LogP contribution in [0.3, 0.4) is 0 Å². The van der Waals surface area contributed by atoms with Crippen LogP contribution >= 0.6 is 0 Å². The molecule has 5 rings (SSSR count). The quantitative estimate of drug-likeness (QED) is 0.390. The lowest BCUT2D eigenvalue weighted by Crippen LogP contribution is -2.49. The zero-order valence-electron chi connectivity index (χ0n) is 22.9. The lowest BCUT2D eigenvalue weighted by atomic mass is 10.0. The number of anilines is 1. The molecule has 0 saturated carbocycles. The van der Waals surface area contributed by atoms with Gasteiger partial charge in [-0.1, -0.05) is 48.4 Å². The van der Waals surface area contributed by atoms with Crippen molar-refractivity contribution < 1.29 is 9.53 Å². The zero-order valence-corrected chi connectivity index (χ0v) is 22.9. The Balaban J connectivity index is 1.48. The molecule has 2 aromatic heterocycles. The van der Waals surface area contributed by atoms with Crippen LogP contribution in [0.4, 0.5) is 10.7 Å². The molecule has 1 saturated heterocycles. The van der Waals surface area contributed by atoms with E-state index >= 15 is 0 Å². The summed E-state index contributed by atoms with van der Waals surface area (Å²) in [4.78, 5) is 33.1. The number of hydrogen-bond acceptors (Lipinski definition) is 6. The van der Waals surface area contributed by atoms with Crippen molar-refractivity contribution in [2.75, 3.05) is 18.0 Å². The molecule has 0 aliphatic carbocycles. The monoisotopic (exact) mass is 526 g/mol. The van der Waals surface area contributed by atoms with E-state index in [-0.39, 0.29) is 11.6 Å². The maximum Gasteiger partial charge on any atom is 0.407 e. The molecular formula is C30H34N6O3. The van der Waals surface area contributed by atoms with Gasteiger partial charge in [0, 0.05) is 19.1 Å². The maximum absolute atomic E-state index is 13.8. The van der Waals surface area contributed by atoms with Crippen LogP contribution < -0.4 is 15.8 Å². The van der Waals surface area contributed by atoms with Gasteiger partial charge in [0.1, 0.15) is 16.6 Å². The Morgan fingerprint density at radius 2 is 1.97 bits per heavy atom. The fourth-order valence-electron chi connectivity index (χ4n) is 5.08. The molecular weight excluding hydrogens is 492 g/mol. The molecule has 1 atom stereocenters. The minimum absolute atomic E-state index is 0.0970. The molecule has 1 aliphatic rings. The fraction of sp³-hybridized carbons (Fsp3) is 0.400. The van der Waals surface area contributed by atoms with E-state index < -0.39 is 11.7 Å². The molecule has 0 spiro atoms. The number of aromatic nitrogens is 4. The lowest BCUT2D eigenvalue weighted by molar-refractivity contribution is 0.0499. The van der Waals surface area contributed by atoms with Gasteiger partial charge in [0.05, 0.1) is 19.3 Å². The molecule has 1 aliphatic heterocycles. The SMILES string of the molecule is CC#CCn1c(N2CCCC(NC(=O)OC(C)(C)C)C2)nc2cnn(Cc3cccc4ccccc34)c(=O)c21. The van der Waals surface area contributed by atoms with Crippen LogP contribution in [0.25, 0.3) is 21.8 Å². The van der Waals surface area contributed by atoms with Crippen LogP contribution in [0.1, 0.15) is 46.1 Å². The Morgan fingerprint density at radius 3 is 2.77 bits per heavy atom. The Morgan fingerprint density at radius 1 is 1.18 bits per heavy atom. The van der Waals surface area contributed by atoms with Gasteiger partial charge in [-0.25, -0.2) is 14.5 Å². The molecule has 3 heterocycles. The molecule has 9 nitrogen and oxygen atoms in total. The van der Waals surface area contributed by atoms with E-state index in [9.17, 15) is 9.59 Å². The Kier molecular flexibility index (Phi) is 7.29. The van der Waals surface area contributed by atoms with Gasteiger partial charge in [0.25, 0.3) is 5.56 Å². The highest BCUT2D eigenvalue weighted by Crippen LogP contribution is 2.24. The topological polar surface area (TPSA) is 94.3 Å². The molecule has 4 aromatic rings. The number of carbonyl (C=O) groups is 1. The van der Waals surface area contributed by atoms with Crippen LogP contribution in [0.15, 0.2) is 53.5 Å². The molecule has 1 N–H and O–H groups in total. The lowest BCUT2D eigenvalue weighted by Gasteiger charge is -2.34. The summed E-state index contributed by atoms with van der Waals surface area (Å²) in [6.45, 7) is 9.31. The maximum atomic E-state index is 13.8. The number of imidazole rings is 1. The average molecular weight is 527 g/mol. The summed E-state index contributed by atoms with van der Waals surface area (Å²) >= 11 is 0. The second kappa shape index (κ2) is 10.8. The van der Waals surface area contributed by atoms with E-state index in [1.807, 2.05) is 49.6 Å². The highest BCUT2D eigenvalue weighted by Gasteiger charge is 2.28. The smallest absolute Gasteiger partial charge is 0.407 e. The number of rotatable bonds is 5. The first-order chi connectivity index (χ1) is 18.7. The van der Waals surface area contributed by atoms with Crippen molar-refractivity contribution >= 4 is 33.8 Å². The highest BCUT2D eigenvalue weighted by molar-refractivity contribution is 5.85. The number of alkyl carbamates (subject to hydrolysis) is 1. The van der Waals surface area contributed by atoms with Crippen LogP contribution in [0.5, 0.6) is 0 Å². The molecule has 39 heavy (non-hydrogen) atoms. The second-order valence-electron chi connectivity index (χ2n) is 10.8. The number of amides is 1. The van der Waals surface area contributed by atoms with Crippen molar-refractivity contribution in [2.45, 2.75) is 65.3 Å². The number of nitrogens with zero attached hydrogens (tertiary/aromatic N) is 5. The second-order valence-corrected chi connectivity index (χ2v) is 10.8. The minimum Gasteiger partial charge on any atom is -0.444 e. The van der Waals surface area contributed by atoms with Crippen molar-refractivity contribution in [3.63, 3.8) is 0 Å².